The number of ether oxygens (including phenoxy) is 2. The van der Waals surface area contributed by atoms with Gasteiger partial charge in [0.2, 0.25) is 0 Å². The molecule has 0 aromatic heterocycles. The van der Waals surface area contributed by atoms with Crippen molar-refractivity contribution in [2.75, 3.05) is 209 Å². The van der Waals surface area contributed by atoms with E-state index in [9.17, 15) is 47.9 Å². The van der Waals surface area contributed by atoms with Crippen molar-refractivity contribution >= 4 is 57.7 Å². The number of hydrogen-bond donors (Lipinski definition) is 10. The van der Waals surface area contributed by atoms with Gasteiger partial charge in [-0.1, -0.05) is 0 Å². The van der Waals surface area contributed by atoms with Crippen LogP contribution in [0.15, 0.2) is 38.4 Å². The lowest BCUT2D eigenvalue weighted by Crippen LogP contribution is -2.38. The van der Waals surface area contributed by atoms with E-state index in [1.807, 2.05) is 76.8 Å². The second kappa shape index (κ2) is 37.2. The quantitative estimate of drug-likeness (QED) is 0.0224. The van der Waals surface area contributed by atoms with Gasteiger partial charge in [0.25, 0.3) is 43.4 Å². The van der Waals surface area contributed by atoms with E-state index in [-0.39, 0.29) is 0 Å². The molecule has 0 spiro atoms. The first-order valence-electron chi connectivity index (χ1n) is 31.3. The molecule has 0 heterocycles. The first-order valence-corrected chi connectivity index (χ1v) is 31.3. The van der Waals surface area contributed by atoms with Crippen LogP contribution in [-0.4, -0.2) is 214 Å². The van der Waals surface area contributed by atoms with Crippen molar-refractivity contribution in [2.45, 2.75) is 117 Å². The van der Waals surface area contributed by atoms with Gasteiger partial charge < -0.3 is 87.1 Å². The zero-order chi connectivity index (χ0) is 65.0. The average molecular weight is 1240 g/mol. The Morgan fingerprint density at radius 3 is 0.545 bits per heavy atom. The maximum atomic E-state index is 12.4. The van der Waals surface area contributed by atoms with Crippen LogP contribution in [0.25, 0.3) is 0 Å². The highest BCUT2D eigenvalue weighted by molar-refractivity contribution is 5.76. The molecule has 0 radical (unpaired) electrons. The molecule has 0 aliphatic carbocycles. The summed E-state index contributed by atoms with van der Waals surface area (Å²) in [6, 6.07) is 0. The highest BCUT2D eigenvalue weighted by atomic mass is 16.6. The van der Waals surface area contributed by atoms with E-state index in [0.29, 0.717) is 111 Å². The molecule has 494 valence electrons. The molecule has 88 heavy (non-hydrogen) atoms. The number of nitrogens with one attached hydrogen (secondary N) is 10. The van der Waals surface area contributed by atoms with Crippen LogP contribution in [0.1, 0.15) is 106 Å². The average Bonchev–Trinajstić information content (AvgIpc) is 1.45. The molecule has 0 unspecified atom stereocenters. The van der Waals surface area contributed by atoms with E-state index >= 15 is 0 Å². The second-order valence-electron chi connectivity index (χ2n) is 25.0. The van der Waals surface area contributed by atoms with Crippen LogP contribution < -0.4 is 96.6 Å². The number of hydrogen-bond acceptors (Lipinski definition) is 25. The first-order chi connectivity index (χ1) is 41.7. The smallest absolute Gasteiger partial charge is 0.407 e. The first kappa shape index (κ1) is 73.5. The van der Waals surface area contributed by atoms with Crippen LogP contribution in [-0.2, 0) is 9.47 Å². The topological polar surface area (TPSA) is 326 Å². The summed E-state index contributed by atoms with van der Waals surface area (Å²) in [5, 5.41) is 30.5. The number of carbonyl (C=O) groups excluding carboxylic acids is 2. The molecule has 0 saturated carbocycles. The van der Waals surface area contributed by atoms with E-state index in [0.717, 1.165) is 130 Å². The van der Waals surface area contributed by atoms with Gasteiger partial charge in [-0.05, 0) is 206 Å². The van der Waals surface area contributed by atoms with Gasteiger partial charge in [0.1, 0.15) is 56.7 Å². The number of carbonyl (C=O) groups is 2. The molecule has 4 aromatic carbocycles. The normalized spacial score (nSPS) is 12.1. The molecule has 27 nitrogen and oxygen atoms in total. The lowest BCUT2D eigenvalue weighted by atomic mass is 10.1. The minimum Gasteiger partial charge on any atom is -0.444 e. The third kappa shape index (κ3) is 25.6. The van der Waals surface area contributed by atoms with Gasteiger partial charge in [-0.3, -0.25) is 38.4 Å². The fourth-order valence-corrected chi connectivity index (χ4v) is 9.68. The van der Waals surface area contributed by atoms with Crippen molar-refractivity contribution in [2.24, 2.45) is 0 Å². The van der Waals surface area contributed by atoms with Crippen LogP contribution >= 0.6 is 0 Å². The maximum absolute atomic E-state index is 12.4. The summed E-state index contributed by atoms with van der Waals surface area (Å²) in [5.74, 6) is 0. The van der Waals surface area contributed by atoms with E-state index in [1.54, 1.807) is 0 Å². The lowest BCUT2D eigenvalue weighted by molar-refractivity contribution is 0.0514. The Hall–Kier alpha value is -6.94. The molecule has 0 aliphatic rings. The minimum absolute atomic E-state index is 0.309. The van der Waals surface area contributed by atoms with Gasteiger partial charge in [0.15, 0.2) is 0 Å². The zero-order valence-electron chi connectivity index (χ0n) is 54.3. The van der Waals surface area contributed by atoms with Crippen LogP contribution in [0.3, 0.4) is 0 Å². The lowest BCUT2D eigenvalue weighted by Gasteiger charge is -2.21. The molecule has 0 atom stereocenters. The minimum atomic E-state index is -0.540. The van der Waals surface area contributed by atoms with Gasteiger partial charge in [-0.2, -0.15) is 0 Å². The zero-order valence-corrected chi connectivity index (χ0v) is 54.3. The van der Waals surface area contributed by atoms with Crippen LogP contribution in [0.5, 0.6) is 0 Å². The monoisotopic (exact) mass is 1240 g/mol. The fraction of sp³-hybridized carbons (Fsp3) is 0.705. The number of nitrogens with zero attached hydrogens (tertiary/aromatic N) is 5. The summed E-state index contributed by atoms with van der Waals surface area (Å²) >= 11 is 0. The van der Waals surface area contributed by atoms with Gasteiger partial charge >= 0.3 is 12.2 Å². The highest BCUT2D eigenvalue weighted by Crippen LogP contribution is 2.18. The molecule has 0 bridgehead atoms. The van der Waals surface area contributed by atoms with Crippen molar-refractivity contribution in [1.82, 2.24) is 35.1 Å². The highest BCUT2D eigenvalue weighted by Gasteiger charge is 2.24. The molecule has 0 aliphatic heterocycles. The number of alkyl carbamates (subject to hydrolysis) is 2. The van der Waals surface area contributed by atoms with Crippen molar-refractivity contribution in [1.29, 1.82) is 0 Å². The van der Waals surface area contributed by atoms with E-state index in [2.05, 4.69) is 77.7 Å². The molecular formula is C61H103N15O12. The van der Waals surface area contributed by atoms with Gasteiger partial charge in [-0.25, -0.2) is 9.59 Å². The third-order valence-electron chi connectivity index (χ3n) is 14.6. The number of anilines is 8. The summed E-state index contributed by atoms with van der Waals surface area (Å²) in [6.07, 6.45) is 6.57. The molecule has 4 rings (SSSR count). The molecule has 10 N–H and O–H groups in total. The molecule has 0 saturated heterocycles. The number of rotatable bonds is 48. The predicted octanol–water partition coefficient (Wildman–Crippen LogP) is 2.08. The summed E-state index contributed by atoms with van der Waals surface area (Å²) < 4.78 is 10.5. The maximum Gasteiger partial charge on any atom is 0.407 e. The molecule has 0 fully saturated rings. The summed E-state index contributed by atoms with van der Waals surface area (Å²) in [4.78, 5) is 133. The Labute approximate surface area is 517 Å². The van der Waals surface area contributed by atoms with Gasteiger partial charge in [-0.15, -0.1) is 0 Å². The molecule has 2 amide bonds. The summed E-state index contributed by atoms with van der Waals surface area (Å²) in [5.41, 5.74) is -2.71. The predicted molar refractivity (Wildman–Crippen MR) is 355 cm³/mol. The molecular weight excluding hydrogens is 1130 g/mol. The third-order valence-corrected chi connectivity index (χ3v) is 14.6. The van der Waals surface area contributed by atoms with Gasteiger partial charge in [0, 0.05) is 65.4 Å². The standard InChI is InChI=1S/C61H103N15O12/c1-60(2,3)87-58(85)70-30-20-40-75(10)38-18-28-68-48-46(54(81)56(48)83)66-26-16-36-73(8)34-14-24-64-44-42(50(77)52(44)79)62-22-12-32-72(7)33-13-23-63-43-45(53(80)51(43)78)65-25-15-35-74(9)37-17-27-67-47-49(57(84)55(47)82)69-29-19-39-76(11)41-21-31-71-59(86)88-61(4,5)6/h62-69H,12-41H2,1-11H3,(H,70,85)(H,71,86). The Bertz CT molecular complexity index is 2860. The SMILES string of the molecule is CN(CCCNC(=O)OC(C)(C)C)CCCNc1c(NCCCN(C)CCCNc2c(NCCCN(C)CCCNc3c(NCCCN(C)CCCNc4c(NCCCN(C)CCCNC(=O)OC(C)(C)C)c(=O)c4=O)c(=O)c3=O)c(=O)c2=O)c(=O)c1=O. The Morgan fingerprint density at radius 1 is 0.273 bits per heavy atom. The summed E-state index contributed by atoms with van der Waals surface area (Å²) in [7, 11) is 9.94. The number of amides is 2. The van der Waals surface area contributed by atoms with Gasteiger partial charge in [0.05, 0.1) is 0 Å². The largest absolute Gasteiger partial charge is 0.444 e. The van der Waals surface area contributed by atoms with Crippen molar-refractivity contribution in [3.63, 3.8) is 0 Å². The van der Waals surface area contributed by atoms with Crippen molar-refractivity contribution in [3.8, 4) is 0 Å². The van der Waals surface area contributed by atoms with Crippen molar-refractivity contribution in [3.05, 3.63) is 81.8 Å². The van der Waals surface area contributed by atoms with Crippen LogP contribution in [0.2, 0.25) is 0 Å². The Balaban J connectivity index is 0.982. The molecule has 27 heteroatoms. The van der Waals surface area contributed by atoms with Crippen LogP contribution in [0, 0.1) is 0 Å². The van der Waals surface area contributed by atoms with E-state index in [1.165, 1.54) is 0 Å². The Kier molecular flexibility index (Phi) is 31.0. The fourth-order valence-electron chi connectivity index (χ4n) is 9.68. The Morgan fingerprint density at radius 2 is 0.409 bits per heavy atom. The van der Waals surface area contributed by atoms with Crippen molar-refractivity contribution < 1.29 is 19.1 Å². The second-order valence-corrected chi connectivity index (χ2v) is 25.0. The van der Waals surface area contributed by atoms with E-state index < -0.39 is 66.8 Å². The van der Waals surface area contributed by atoms with Crippen LogP contribution in [0.4, 0.5) is 55.1 Å². The molecule has 4 aromatic rings. The summed E-state index contributed by atoms with van der Waals surface area (Å²) in [6.45, 7) is 23.6. The van der Waals surface area contributed by atoms with E-state index in [4.69, 9.17) is 9.47 Å².